The van der Waals surface area contributed by atoms with Crippen molar-refractivity contribution in [3.8, 4) is 11.6 Å². The molecule has 24 heavy (non-hydrogen) atoms. The summed E-state index contributed by atoms with van der Waals surface area (Å²) in [5.74, 6) is 0.819. The zero-order chi connectivity index (χ0) is 16.9. The fourth-order valence-corrected chi connectivity index (χ4v) is 2.69. The highest BCUT2D eigenvalue weighted by Gasteiger charge is 2.25. The number of pyridine rings is 1. The smallest absolute Gasteiger partial charge is 0.255 e. The Kier molecular flexibility index (Phi) is 4.93. The van der Waals surface area contributed by atoms with Crippen LogP contribution in [0.2, 0.25) is 0 Å². The molecule has 1 fully saturated rings. The van der Waals surface area contributed by atoms with E-state index < -0.39 is 0 Å². The monoisotopic (exact) mass is 330 g/mol. The minimum atomic E-state index is -0.282. The number of carbonyl (C=O) groups is 1. The average molecular weight is 330 g/mol. The van der Waals surface area contributed by atoms with E-state index in [1.54, 1.807) is 29.2 Å². The molecule has 1 amide bonds. The van der Waals surface area contributed by atoms with Crippen LogP contribution in [0.25, 0.3) is 0 Å². The van der Waals surface area contributed by atoms with Crippen molar-refractivity contribution >= 4 is 5.91 Å². The summed E-state index contributed by atoms with van der Waals surface area (Å²) in [6.07, 6.45) is 3.05. The number of piperidine rings is 1. The lowest BCUT2D eigenvalue weighted by Crippen LogP contribution is -2.41. The van der Waals surface area contributed by atoms with Gasteiger partial charge in [0.1, 0.15) is 17.7 Å². The van der Waals surface area contributed by atoms with Crippen molar-refractivity contribution in [3.63, 3.8) is 0 Å². The van der Waals surface area contributed by atoms with Crippen LogP contribution < -0.4 is 9.47 Å². The fraction of sp³-hybridized carbons (Fsp3) is 0.333. The zero-order valence-corrected chi connectivity index (χ0v) is 13.4. The first kappa shape index (κ1) is 16.2. The third-order valence-corrected chi connectivity index (χ3v) is 4.04. The Morgan fingerprint density at radius 1 is 1.17 bits per heavy atom. The van der Waals surface area contributed by atoms with Crippen LogP contribution >= 0.6 is 0 Å². The molecule has 0 radical (unpaired) electrons. The number of hydrogen-bond donors (Lipinski definition) is 0. The molecule has 0 aliphatic carbocycles. The van der Waals surface area contributed by atoms with E-state index >= 15 is 0 Å². The summed E-state index contributed by atoms with van der Waals surface area (Å²) >= 11 is 0. The molecule has 2 heterocycles. The summed E-state index contributed by atoms with van der Waals surface area (Å²) in [5.41, 5.74) is 0.550. The average Bonchev–Trinajstić information content (AvgIpc) is 2.64. The maximum absolute atomic E-state index is 12.9. The number of hydrogen-bond acceptors (Lipinski definition) is 4. The highest BCUT2D eigenvalue weighted by molar-refractivity contribution is 5.94. The van der Waals surface area contributed by atoms with E-state index in [0.717, 1.165) is 12.8 Å². The molecule has 0 spiro atoms. The van der Waals surface area contributed by atoms with Crippen LogP contribution in [0.1, 0.15) is 23.2 Å². The van der Waals surface area contributed by atoms with Crippen molar-refractivity contribution in [1.82, 2.24) is 9.88 Å². The van der Waals surface area contributed by atoms with Gasteiger partial charge in [-0.15, -0.1) is 0 Å². The van der Waals surface area contributed by atoms with E-state index in [-0.39, 0.29) is 17.8 Å². The summed E-state index contributed by atoms with van der Waals surface area (Å²) < 4.78 is 23.7. The van der Waals surface area contributed by atoms with Crippen molar-refractivity contribution in [3.05, 3.63) is 54.0 Å². The predicted octanol–water partition coefficient (Wildman–Crippen LogP) is 2.91. The number of carbonyl (C=O) groups excluding carboxylic acids is 1. The van der Waals surface area contributed by atoms with Crippen LogP contribution in [0.15, 0.2) is 42.6 Å². The zero-order valence-electron chi connectivity index (χ0n) is 13.4. The molecule has 0 saturated carbocycles. The van der Waals surface area contributed by atoms with Crippen LogP contribution in [0, 0.1) is 5.82 Å². The minimum absolute atomic E-state index is 0.0357. The molecule has 0 bridgehead atoms. The number of amides is 1. The number of halogens is 1. The molecule has 6 heteroatoms. The summed E-state index contributed by atoms with van der Waals surface area (Å²) in [6.45, 7) is 1.24. The lowest BCUT2D eigenvalue weighted by atomic mass is 10.1. The second kappa shape index (κ2) is 7.29. The van der Waals surface area contributed by atoms with Crippen molar-refractivity contribution in [1.29, 1.82) is 0 Å². The molecule has 3 rings (SSSR count). The SMILES string of the molecule is COc1ccc(C(=O)N2CCC(Oc3ccc(F)cc3)CC2)cn1. The largest absolute Gasteiger partial charge is 0.490 e. The fourth-order valence-electron chi connectivity index (χ4n) is 2.69. The summed E-state index contributed by atoms with van der Waals surface area (Å²) in [4.78, 5) is 18.3. The van der Waals surface area contributed by atoms with Crippen LogP contribution in [-0.2, 0) is 0 Å². The van der Waals surface area contributed by atoms with Crippen LogP contribution in [0.3, 0.4) is 0 Å². The Morgan fingerprint density at radius 2 is 1.88 bits per heavy atom. The first-order valence-electron chi connectivity index (χ1n) is 7.87. The van der Waals surface area contributed by atoms with E-state index in [1.165, 1.54) is 25.4 Å². The van der Waals surface area contributed by atoms with Crippen molar-refractivity contribution in [2.45, 2.75) is 18.9 Å². The van der Waals surface area contributed by atoms with Gasteiger partial charge in [0.25, 0.3) is 5.91 Å². The van der Waals surface area contributed by atoms with E-state index in [0.29, 0.717) is 30.3 Å². The third-order valence-electron chi connectivity index (χ3n) is 4.04. The van der Waals surface area contributed by atoms with Crippen LogP contribution in [0.5, 0.6) is 11.6 Å². The maximum atomic E-state index is 12.9. The molecule has 0 unspecified atom stereocenters. The Bertz CT molecular complexity index is 680. The second-order valence-corrected chi connectivity index (χ2v) is 5.65. The van der Waals surface area contributed by atoms with Crippen LogP contribution in [0.4, 0.5) is 4.39 Å². The molecule has 1 aliphatic heterocycles. The van der Waals surface area contributed by atoms with E-state index in [9.17, 15) is 9.18 Å². The van der Waals surface area contributed by atoms with Crippen molar-refractivity contribution in [2.75, 3.05) is 20.2 Å². The van der Waals surface area contributed by atoms with Gasteiger partial charge in [-0.05, 0) is 30.3 Å². The highest BCUT2D eigenvalue weighted by atomic mass is 19.1. The maximum Gasteiger partial charge on any atom is 0.255 e. The van der Waals surface area contributed by atoms with Gasteiger partial charge >= 0.3 is 0 Å². The lowest BCUT2D eigenvalue weighted by Gasteiger charge is -2.32. The quantitative estimate of drug-likeness (QED) is 0.865. The second-order valence-electron chi connectivity index (χ2n) is 5.65. The van der Waals surface area contributed by atoms with Gasteiger partial charge in [0, 0.05) is 38.2 Å². The summed E-state index contributed by atoms with van der Waals surface area (Å²) in [7, 11) is 1.54. The van der Waals surface area contributed by atoms with Gasteiger partial charge in [-0.1, -0.05) is 0 Å². The molecule has 1 saturated heterocycles. The Balaban J connectivity index is 1.54. The summed E-state index contributed by atoms with van der Waals surface area (Å²) in [6, 6.07) is 9.40. The number of ether oxygens (including phenoxy) is 2. The Hall–Kier alpha value is -2.63. The number of likely N-dealkylation sites (tertiary alicyclic amines) is 1. The van der Waals surface area contributed by atoms with Gasteiger partial charge < -0.3 is 14.4 Å². The first-order valence-corrected chi connectivity index (χ1v) is 7.87. The number of rotatable bonds is 4. The van der Waals surface area contributed by atoms with E-state index in [1.807, 2.05) is 0 Å². The number of methoxy groups -OCH3 is 1. The van der Waals surface area contributed by atoms with Crippen molar-refractivity contribution in [2.24, 2.45) is 0 Å². The third kappa shape index (κ3) is 3.82. The molecular formula is C18H19FN2O3. The predicted molar refractivity (Wildman–Crippen MR) is 86.7 cm³/mol. The molecule has 5 nitrogen and oxygen atoms in total. The van der Waals surface area contributed by atoms with E-state index in [2.05, 4.69) is 4.98 Å². The topological polar surface area (TPSA) is 51.7 Å². The van der Waals surface area contributed by atoms with Gasteiger partial charge in [-0.25, -0.2) is 9.37 Å². The lowest BCUT2D eigenvalue weighted by molar-refractivity contribution is 0.0595. The Morgan fingerprint density at radius 3 is 2.46 bits per heavy atom. The van der Waals surface area contributed by atoms with Gasteiger partial charge in [0.05, 0.1) is 12.7 Å². The normalized spacial score (nSPS) is 15.2. The van der Waals surface area contributed by atoms with Crippen LogP contribution in [-0.4, -0.2) is 42.1 Å². The van der Waals surface area contributed by atoms with Gasteiger partial charge in [0.2, 0.25) is 5.88 Å². The number of benzene rings is 1. The summed E-state index contributed by atoms with van der Waals surface area (Å²) in [5, 5.41) is 0. The van der Waals surface area contributed by atoms with Crippen molar-refractivity contribution < 1.29 is 18.7 Å². The minimum Gasteiger partial charge on any atom is -0.490 e. The highest BCUT2D eigenvalue weighted by Crippen LogP contribution is 2.20. The molecule has 1 aromatic carbocycles. The number of nitrogens with zero attached hydrogens (tertiary/aromatic N) is 2. The standard InChI is InChI=1S/C18H19FN2O3/c1-23-17-7-2-13(12-20-17)18(22)21-10-8-16(9-11-21)24-15-5-3-14(19)4-6-15/h2-7,12,16H,8-11H2,1H3. The Labute approximate surface area is 140 Å². The molecule has 1 aromatic heterocycles. The van der Waals surface area contributed by atoms with Gasteiger partial charge in [0.15, 0.2) is 0 Å². The molecule has 2 aromatic rings. The van der Waals surface area contributed by atoms with Gasteiger partial charge in [-0.3, -0.25) is 4.79 Å². The molecular weight excluding hydrogens is 311 g/mol. The van der Waals surface area contributed by atoms with E-state index in [4.69, 9.17) is 9.47 Å². The molecule has 126 valence electrons. The number of aromatic nitrogens is 1. The molecule has 1 aliphatic rings. The molecule has 0 atom stereocenters. The van der Waals surface area contributed by atoms with Gasteiger partial charge in [-0.2, -0.15) is 0 Å². The first-order chi connectivity index (χ1) is 11.7. The molecule has 0 N–H and O–H groups in total.